The van der Waals surface area contributed by atoms with E-state index in [1.165, 1.54) is 12.1 Å². The van der Waals surface area contributed by atoms with Crippen molar-refractivity contribution >= 4 is 0 Å². The summed E-state index contributed by atoms with van der Waals surface area (Å²) in [7, 11) is 0. The van der Waals surface area contributed by atoms with Gasteiger partial charge in [0.05, 0.1) is 0 Å². The van der Waals surface area contributed by atoms with E-state index in [1.54, 1.807) is 18.2 Å². The van der Waals surface area contributed by atoms with E-state index in [1.807, 2.05) is 25.1 Å². The summed E-state index contributed by atoms with van der Waals surface area (Å²) >= 11 is 0. The molecule has 0 heterocycles. The zero-order valence-electron chi connectivity index (χ0n) is 12.0. The van der Waals surface area contributed by atoms with Crippen LogP contribution < -0.4 is 5.32 Å². The second-order valence-electron chi connectivity index (χ2n) is 5.83. The monoisotopic (exact) mass is 287 g/mol. The van der Waals surface area contributed by atoms with Crippen LogP contribution in [0.5, 0.6) is 0 Å². The molecule has 1 N–H and O–H groups in total. The first-order valence-electron chi connectivity index (χ1n) is 7.39. The van der Waals surface area contributed by atoms with Gasteiger partial charge in [-0.1, -0.05) is 30.3 Å². The molecule has 1 atom stereocenters. The van der Waals surface area contributed by atoms with Crippen LogP contribution >= 0.6 is 0 Å². The molecule has 0 aliphatic heterocycles. The molecule has 0 aromatic heterocycles. The normalized spacial score (nSPS) is 22.6. The Labute approximate surface area is 124 Å². The van der Waals surface area contributed by atoms with E-state index in [2.05, 4.69) is 5.32 Å². The molecule has 0 bridgehead atoms. The Morgan fingerprint density at radius 1 is 1.05 bits per heavy atom. The van der Waals surface area contributed by atoms with Gasteiger partial charge < -0.3 is 5.32 Å². The molecule has 3 heteroatoms. The van der Waals surface area contributed by atoms with Crippen LogP contribution in [0.4, 0.5) is 8.78 Å². The standard InChI is InChI=1S/C18H19F2N/c1-12(17-7-2-3-8-18(17)20)21-16-10-14(11-16)13-5-4-6-15(19)9-13/h2-9,12,14,16,21H,10-11H2,1H3/t12-,14?,16?/m1/s1. The summed E-state index contributed by atoms with van der Waals surface area (Å²) in [5.41, 5.74) is 1.76. The van der Waals surface area contributed by atoms with Crippen LogP contribution in [-0.4, -0.2) is 6.04 Å². The van der Waals surface area contributed by atoms with Gasteiger partial charge >= 0.3 is 0 Å². The molecule has 3 rings (SSSR count). The molecule has 110 valence electrons. The van der Waals surface area contributed by atoms with Crippen LogP contribution in [0.3, 0.4) is 0 Å². The minimum Gasteiger partial charge on any atom is -0.307 e. The molecule has 0 amide bonds. The van der Waals surface area contributed by atoms with Crippen LogP contribution in [0.25, 0.3) is 0 Å². The largest absolute Gasteiger partial charge is 0.307 e. The molecule has 1 fully saturated rings. The van der Waals surface area contributed by atoms with E-state index in [-0.39, 0.29) is 17.7 Å². The van der Waals surface area contributed by atoms with E-state index in [4.69, 9.17) is 0 Å². The molecule has 1 saturated carbocycles. The molecule has 0 radical (unpaired) electrons. The van der Waals surface area contributed by atoms with Gasteiger partial charge in [0.1, 0.15) is 11.6 Å². The van der Waals surface area contributed by atoms with Gasteiger partial charge in [-0.2, -0.15) is 0 Å². The molecular weight excluding hydrogens is 268 g/mol. The third kappa shape index (κ3) is 3.13. The summed E-state index contributed by atoms with van der Waals surface area (Å²) in [6, 6.07) is 14.0. The van der Waals surface area contributed by atoms with Crippen molar-refractivity contribution in [1.82, 2.24) is 5.32 Å². The summed E-state index contributed by atoms with van der Waals surface area (Å²) in [5.74, 6) is 0.0631. The minimum absolute atomic E-state index is 0.00957. The quantitative estimate of drug-likeness (QED) is 0.869. The van der Waals surface area contributed by atoms with Gasteiger partial charge in [-0.15, -0.1) is 0 Å². The number of hydrogen-bond acceptors (Lipinski definition) is 1. The first kappa shape index (κ1) is 14.2. The average Bonchev–Trinajstić information content (AvgIpc) is 2.42. The third-order valence-corrected chi connectivity index (χ3v) is 4.32. The topological polar surface area (TPSA) is 12.0 Å². The highest BCUT2D eigenvalue weighted by atomic mass is 19.1. The van der Waals surface area contributed by atoms with Crippen molar-refractivity contribution in [3.63, 3.8) is 0 Å². The predicted octanol–water partition coefficient (Wildman–Crippen LogP) is 4.56. The molecule has 1 aliphatic rings. The van der Waals surface area contributed by atoms with Gasteiger partial charge in [0.15, 0.2) is 0 Å². The average molecular weight is 287 g/mol. The summed E-state index contributed by atoms with van der Waals surface area (Å²) in [6.07, 6.45) is 1.95. The van der Waals surface area contributed by atoms with Crippen molar-refractivity contribution in [1.29, 1.82) is 0 Å². The molecule has 0 spiro atoms. The lowest BCUT2D eigenvalue weighted by Gasteiger charge is -2.38. The Balaban J connectivity index is 1.56. The Morgan fingerprint density at radius 2 is 1.81 bits per heavy atom. The Kier molecular flexibility index (Phi) is 4.02. The van der Waals surface area contributed by atoms with Crippen LogP contribution in [0, 0.1) is 11.6 Å². The number of rotatable bonds is 4. The van der Waals surface area contributed by atoms with Gasteiger partial charge in [-0.3, -0.25) is 0 Å². The molecular formula is C18H19F2N. The highest BCUT2D eigenvalue weighted by molar-refractivity contribution is 5.25. The minimum atomic E-state index is -0.177. The number of halogens is 2. The highest BCUT2D eigenvalue weighted by Gasteiger charge is 2.31. The first-order valence-corrected chi connectivity index (χ1v) is 7.39. The first-order chi connectivity index (χ1) is 10.1. The summed E-state index contributed by atoms with van der Waals surface area (Å²) in [5, 5.41) is 3.45. The van der Waals surface area contributed by atoms with Crippen molar-refractivity contribution in [2.24, 2.45) is 0 Å². The number of nitrogens with one attached hydrogen (secondary N) is 1. The molecule has 1 aliphatic carbocycles. The second-order valence-corrected chi connectivity index (χ2v) is 5.83. The molecule has 2 aromatic carbocycles. The second kappa shape index (κ2) is 5.94. The fourth-order valence-electron chi connectivity index (χ4n) is 3.06. The van der Waals surface area contributed by atoms with Crippen molar-refractivity contribution in [3.8, 4) is 0 Å². The van der Waals surface area contributed by atoms with Crippen molar-refractivity contribution in [2.45, 2.75) is 37.8 Å². The van der Waals surface area contributed by atoms with Gasteiger partial charge in [0.25, 0.3) is 0 Å². The van der Waals surface area contributed by atoms with E-state index >= 15 is 0 Å². The Hall–Kier alpha value is -1.74. The Bertz CT molecular complexity index is 620. The van der Waals surface area contributed by atoms with Gasteiger partial charge in [-0.25, -0.2) is 8.78 Å². The van der Waals surface area contributed by atoms with Gasteiger partial charge in [0, 0.05) is 17.6 Å². The smallest absolute Gasteiger partial charge is 0.127 e. The lowest BCUT2D eigenvalue weighted by Crippen LogP contribution is -2.41. The van der Waals surface area contributed by atoms with Crippen LogP contribution in [0.2, 0.25) is 0 Å². The van der Waals surface area contributed by atoms with E-state index in [0.717, 1.165) is 18.4 Å². The van der Waals surface area contributed by atoms with E-state index in [9.17, 15) is 8.78 Å². The Morgan fingerprint density at radius 3 is 2.52 bits per heavy atom. The number of hydrogen-bond donors (Lipinski definition) is 1. The van der Waals surface area contributed by atoms with E-state index in [0.29, 0.717) is 17.5 Å². The molecule has 2 aromatic rings. The third-order valence-electron chi connectivity index (χ3n) is 4.32. The van der Waals surface area contributed by atoms with Gasteiger partial charge in [0.2, 0.25) is 0 Å². The SMILES string of the molecule is C[C@@H](NC1CC(c2cccc(F)c2)C1)c1ccccc1F. The fraction of sp³-hybridized carbons (Fsp3) is 0.333. The highest BCUT2D eigenvalue weighted by Crippen LogP contribution is 2.38. The maximum Gasteiger partial charge on any atom is 0.127 e. The molecule has 1 nitrogen and oxygen atoms in total. The summed E-state index contributed by atoms with van der Waals surface area (Å²) in [6.45, 7) is 1.98. The van der Waals surface area contributed by atoms with Crippen LogP contribution in [0.1, 0.15) is 42.9 Å². The fourth-order valence-corrected chi connectivity index (χ4v) is 3.06. The van der Waals surface area contributed by atoms with Crippen LogP contribution in [0.15, 0.2) is 48.5 Å². The van der Waals surface area contributed by atoms with Gasteiger partial charge in [-0.05, 0) is 49.4 Å². The zero-order valence-corrected chi connectivity index (χ0v) is 12.0. The molecule has 0 unspecified atom stereocenters. The molecule has 21 heavy (non-hydrogen) atoms. The lowest BCUT2D eigenvalue weighted by atomic mass is 9.75. The predicted molar refractivity (Wildman–Crippen MR) is 80.1 cm³/mol. The van der Waals surface area contributed by atoms with Crippen molar-refractivity contribution < 1.29 is 8.78 Å². The lowest BCUT2D eigenvalue weighted by molar-refractivity contribution is 0.268. The van der Waals surface area contributed by atoms with Crippen molar-refractivity contribution in [3.05, 3.63) is 71.3 Å². The summed E-state index contributed by atoms with van der Waals surface area (Å²) < 4.78 is 26.9. The maximum absolute atomic E-state index is 13.7. The summed E-state index contributed by atoms with van der Waals surface area (Å²) in [4.78, 5) is 0. The molecule has 0 saturated heterocycles. The van der Waals surface area contributed by atoms with Crippen molar-refractivity contribution in [2.75, 3.05) is 0 Å². The maximum atomic E-state index is 13.7. The zero-order chi connectivity index (χ0) is 14.8. The van der Waals surface area contributed by atoms with E-state index < -0.39 is 0 Å². The van der Waals surface area contributed by atoms with Crippen LogP contribution in [-0.2, 0) is 0 Å². The number of benzene rings is 2.